The Balaban J connectivity index is 1.48. The molecule has 0 aliphatic heterocycles. The van der Waals surface area contributed by atoms with E-state index in [0.717, 1.165) is 32.1 Å². The van der Waals surface area contributed by atoms with E-state index in [2.05, 4.69) is 29.2 Å². The third kappa shape index (κ3) is 6.39. The predicted octanol–water partition coefficient (Wildman–Crippen LogP) is 4.40. The monoisotopic (exact) mass is 299 g/mol. The van der Waals surface area contributed by atoms with Crippen LogP contribution in [0.15, 0.2) is 54.7 Å². The maximum Gasteiger partial charge on any atom is 0.515 e. The van der Waals surface area contributed by atoms with Gasteiger partial charge >= 0.3 is 6.16 Å². The zero-order valence-electron chi connectivity index (χ0n) is 12.6. The topological polar surface area (TPSA) is 48.4 Å². The quantitative estimate of drug-likeness (QED) is 0.535. The van der Waals surface area contributed by atoms with Crippen molar-refractivity contribution in [3.8, 4) is 5.88 Å². The lowest BCUT2D eigenvalue weighted by Gasteiger charge is -2.05. The first-order valence-electron chi connectivity index (χ1n) is 7.64. The van der Waals surface area contributed by atoms with Crippen LogP contribution in [0.4, 0.5) is 4.79 Å². The molecule has 0 unspecified atom stereocenters. The van der Waals surface area contributed by atoms with Crippen molar-refractivity contribution >= 4 is 6.16 Å². The van der Waals surface area contributed by atoms with Crippen LogP contribution in [0, 0.1) is 0 Å². The van der Waals surface area contributed by atoms with Gasteiger partial charge in [0.1, 0.15) is 0 Å². The predicted molar refractivity (Wildman–Crippen MR) is 84.8 cm³/mol. The largest absolute Gasteiger partial charge is 0.515 e. The standard InChI is InChI=1S/C18H21NO3/c20-18(22-17-13-7-8-14-19-17)21-15-9-2-1-4-10-16-11-5-3-6-12-16/h3,5-8,11-14H,1-2,4,9-10,15H2. The van der Waals surface area contributed by atoms with Crippen LogP contribution in [0.2, 0.25) is 0 Å². The number of aromatic nitrogens is 1. The first kappa shape index (κ1) is 16.0. The molecule has 0 bridgehead atoms. The SMILES string of the molecule is O=C(OCCCCCCc1ccccc1)Oc1ccccn1. The number of carbonyl (C=O) groups excluding carboxylic acids is 1. The van der Waals surface area contributed by atoms with Crippen molar-refractivity contribution in [1.82, 2.24) is 4.98 Å². The first-order valence-corrected chi connectivity index (χ1v) is 7.64. The molecule has 4 heteroatoms. The molecule has 0 spiro atoms. The van der Waals surface area contributed by atoms with E-state index < -0.39 is 6.16 Å². The van der Waals surface area contributed by atoms with Gasteiger partial charge in [-0.2, -0.15) is 0 Å². The molecule has 2 rings (SSSR count). The minimum absolute atomic E-state index is 0.260. The van der Waals surface area contributed by atoms with Gasteiger partial charge in [-0.25, -0.2) is 9.78 Å². The van der Waals surface area contributed by atoms with Crippen molar-refractivity contribution in [1.29, 1.82) is 0 Å². The molecule has 116 valence electrons. The molecule has 1 heterocycles. The number of hydrogen-bond donors (Lipinski definition) is 0. The second kappa shape index (κ2) is 9.55. The van der Waals surface area contributed by atoms with Crippen molar-refractivity contribution in [3.05, 3.63) is 60.3 Å². The Morgan fingerprint density at radius 1 is 0.909 bits per heavy atom. The normalized spacial score (nSPS) is 10.2. The molecular formula is C18H21NO3. The van der Waals surface area contributed by atoms with Crippen molar-refractivity contribution in [2.24, 2.45) is 0 Å². The highest BCUT2D eigenvalue weighted by Crippen LogP contribution is 2.08. The van der Waals surface area contributed by atoms with E-state index in [0.29, 0.717) is 6.61 Å². The second-order valence-corrected chi connectivity index (χ2v) is 5.02. The third-order valence-corrected chi connectivity index (χ3v) is 3.25. The number of carbonyl (C=O) groups is 1. The molecule has 1 aromatic heterocycles. The minimum Gasteiger partial charge on any atom is -0.434 e. The van der Waals surface area contributed by atoms with Gasteiger partial charge in [0, 0.05) is 12.3 Å². The van der Waals surface area contributed by atoms with Crippen molar-refractivity contribution in [2.75, 3.05) is 6.61 Å². The van der Waals surface area contributed by atoms with Crippen molar-refractivity contribution < 1.29 is 14.3 Å². The molecular weight excluding hydrogens is 278 g/mol. The van der Waals surface area contributed by atoms with Crippen LogP contribution < -0.4 is 4.74 Å². The van der Waals surface area contributed by atoms with Gasteiger partial charge in [0.05, 0.1) is 6.61 Å². The fraction of sp³-hybridized carbons (Fsp3) is 0.333. The molecule has 1 aromatic carbocycles. The number of ether oxygens (including phenoxy) is 2. The van der Waals surface area contributed by atoms with E-state index in [4.69, 9.17) is 9.47 Å². The summed E-state index contributed by atoms with van der Waals surface area (Å²) in [4.78, 5) is 15.3. The van der Waals surface area contributed by atoms with Gasteiger partial charge in [0.15, 0.2) is 0 Å². The minimum atomic E-state index is -0.692. The van der Waals surface area contributed by atoms with Gasteiger partial charge in [-0.05, 0) is 30.9 Å². The van der Waals surface area contributed by atoms with Crippen LogP contribution in [0.5, 0.6) is 5.88 Å². The van der Waals surface area contributed by atoms with E-state index in [9.17, 15) is 4.79 Å². The average Bonchev–Trinajstić information content (AvgIpc) is 2.56. The molecule has 0 fully saturated rings. The Hall–Kier alpha value is -2.36. The van der Waals surface area contributed by atoms with Crippen LogP contribution in [-0.2, 0) is 11.2 Å². The van der Waals surface area contributed by atoms with Gasteiger partial charge in [-0.3, -0.25) is 0 Å². The highest BCUT2D eigenvalue weighted by molar-refractivity contribution is 5.62. The number of hydrogen-bond acceptors (Lipinski definition) is 4. The maximum atomic E-state index is 11.4. The lowest BCUT2D eigenvalue weighted by molar-refractivity contribution is 0.0958. The molecule has 2 aromatic rings. The van der Waals surface area contributed by atoms with E-state index in [1.807, 2.05) is 6.07 Å². The number of rotatable bonds is 8. The first-order chi connectivity index (χ1) is 10.8. The van der Waals surface area contributed by atoms with Crippen molar-refractivity contribution in [3.63, 3.8) is 0 Å². The van der Waals surface area contributed by atoms with Gasteiger partial charge in [-0.1, -0.05) is 49.2 Å². The summed E-state index contributed by atoms with van der Waals surface area (Å²) in [5.41, 5.74) is 1.37. The summed E-state index contributed by atoms with van der Waals surface area (Å²) in [5, 5.41) is 0. The molecule has 0 N–H and O–H groups in total. The van der Waals surface area contributed by atoms with Gasteiger partial charge in [0.2, 0.25) is 5.88 Å². The van der Waals surface area contributed by atoms with Crippen molar-refractivity contribution in [2.45, 2.75) is 32.1 Å². The zero-order valence-corrected chi connectivity index (χ0v) is 12.6. The lowest BCUT2D eigenvalue weighted by atomic mass is 10.1. The summed E-state index contributed by atoms with van der Waals surface area (Å²) in [7, 11) is 0. The number of pyridine rings is 1. The van der Waals surface area contributed by atoms with Crippen LogP contribution in [-0.4, -0.2) is 17.7 Å². The van der Waals surface area contributed by atoms with Crippen LogP contribution in [0.25, 0.3) is 0 Å². The summed E-state index contributed by atoms with van der Waals surface area (Å²) in [6.45, 7) is 0.386. The lowest BCUT2D eigenvalue weighted by Crippen LogP contribution is -2.12. The third-order valence-electron chi connectivity index (χ3n) is 3.25. The Labute approximate surface area is 131 Å². The molecule has 0 saturated carbocycles. The zero-order chi connectivity index (χ0) is 15.5. The van der Waals surface area contributed by atoms with Gasteiger partial charge < -0.3 is 9.47 Å². The van der Waals surface area contributed by atoms with Crippen LogP contribution >= 0.6 is 0 Å². The van der Waals surface area contributed by atoms with Gasteiger partial charge in [-0.15, -0.1) is 0 Å². The maximum absolute atomic E-state index is 11.4. The second-order valence-electron chi connectivity index (χ2n) is 5.02. The molecule has 0 amide bonds. The van der Waals surface area contributed by atoms with E-state index in [1.54, 1.807) is 24.4 Å². The molecule has 4 nitrogen and oxygen atoms in total. The summed E-state index contributed by atoms with van der Waals surface area (Å²) in [6.07, 6.45) is 6.16. The van der Waals surface area contributed by atoms with Crippen LogP contribution in [0.3, 0.4) is 0 Å². The Bertz CT molecular complexity index is 543. The fourth-order valence-corrected chi connectivity index (χ4v) is 2.11. The number of unbranched alkanes of at least 4 members (excludes halogenated alkanes) is 3. The van der Waals surface area contributed by atoms with Crippen LogP contribution in [0.1, 0.15) is 31.2 Å². The summed E-state index contributed by atoms with van der Waals surface area (Å²) >= 11 is 0. The molecule has 22 heavy (non-hydrogen) atoms. The van der Waals surface area contributed by atoms with E-state index >= 15 is 0 Å². The molecule has 0 aliphatic carbocycles. The number of benzene rings is 1. The van der Waals surface area contributed by atoms with E-state index in [-0.39, 0.29) is 5.88 Å². The average molecular weight is 299 g/mol. The highest BCUT2D eigenvalue weighted by Gasteiger charge is 2.05. The molecule has 0 aliphatic rings. The molecule has 0 saturated heterocycles. The number of nitrogens with zero attached hydrogens (tertiary/aromatic N) is 1. The number of aryl methyl sites for hydroxylation is 1. The Morgan fingerprint density at radius 2 is 1.68 bits per heavy atom. The Kier molecular flexibility index (Phi) is 6.96. The fourth-order valence-electron chi connectivity index (χ4n) is 2.11. The highest BCUT2D eigenvalue weighted by atomic mass is 16.7. The van der Waals surface area contributed by atoms with E-state index in [1.165, 1.54) is 5.56 Å². The summed E-state index contributed by atoms with van der Waals surface area (Å²) < 4.78 is 9.94. The summed E-state index contributed by atoms with van der Waals surface area (Å²) in [6, 6.07) is 15.6. The smallest absolute Gasteiger partial charge is 0.434 e. The van der Waals surface area contributed by atoms with Gasteiger partial charge in [0.25, 0.3) is 0 Å². The molecule has 0 radical (unpaired) electrons. The molecule has 0 atom stereocenters. The summed E-state index contributed by atoms with van der Waals surface area (Å²) in [5.74, 6) is 0.260. The Morgan fingerprint density at radius 3 is 2.45 bits per heavy atom.